The molecule has 0 amide bonds. The van der Waals surface area contributed by atoms with Crippen molar-refractivity contribution in [3.05, 3.63) is 306 Å². The van der Waals surface area contributed by atoms with Crippen LogP contribution < -0.4 is 0 Å². The number of para-hydroxylation sites is 1. The van der Waals surface area contributed by atoms with Gasteiger partial charge in [0.15, 0.2) is 17.5 Å². The van der Waals surface area contributed by atoms with Gasteiger partial charge >= 0.3 is 0 Å². The summed E-state index contributed by atoms with van der Waals surface area (Å²) >= 11 is 0. The average Bonchev–Trinajstić information content (AvgIpc) is 2.20. The van der Waals surface area contributed by atoms with Crippen molar-refractivity contribution in [1.82, 2.24) is 19.5 Å². The van der Waals surface area contributed by atoms with E-state index in [1.54, 1.807) is 0 Å². The molecule has 0 saturated heterocycles. The van der Waals surface area contributed by atoms with E-state index in [9.17, 15) is 0 Å². The maximum Gasteiger partial charge on any atom is 0.164 e. The van der Waals surface area contributed by atoms with E-state index >= 15 is 0 Å². The lowest BCUT2D eigenvalue weighted by atomic mass is 9.64. The number of hydrogen-bond donors (Lipinski definition) is 0. The fourth-order valence-electron chi connectivity index (χ4n) is 14.3. The summed E-state index contributed by atoms with van der Waals surface area (Å²) in [7, 11) is 0. The molecule has 1 unspecified atom stereocenters. The fraction of sp³-hybridized carbons (Fsp3) is 0.0519. The third-order valence-electron chi connectivity index (χ3n) is 17.7. The summed E-state index contributed by atoms with van der Waals surface area (Å²) in [6, 6.07) is 96.8. The highest BCUT2D eigenvalue weighted by Gasteiger charge is 2.56. The molecule has 0 fully saturated rings. The van der Waals surface area contributed by atoms with E-state index in [0.717, 1.165) is 61.9 Å². The smallest absolute Gasteiger partial charge is 0.164 e. The second-order valence-electron chi connectivity index (χ2n) is 22.2. The molecule has 0 saturated carbocycles. The molecule has 0 radical (unpaired) electrons. The minimum absolute atomic E-state index is 0.196. The summed E-state index contributed by atoms with van der Waals surface area (Å²) in [6.45, 7) is 2.49. The van der Waals surface area contributed by atoms with Crippen molar-refractivity contribution < 1.29 is 4.42 Å². The lowest BCUT2D eigenvalue weighted by Gasteiger charge is -2.37. The topological polar surface area (TPSA) is 56.7 Å². The Labute approximate surface area is 474 Å². The van der Waals surface area contributed by atoms with Gasteiger partial charge in [0.1, 0.15) is 11.2 Å². The second kappa shape index (κ2) is 18.0. The Balaban J connectivity index is 0.870. The summed E-state index contributed by atoms with van der Waals surface area (Å²) in [4.78, 5) is 15.3. The van der Waals surface area contributed by atoms with Crippen molar-refractivity contribution in [1.29, 1.82) is 0 Å². The molecule has 17 rings (SSSR count). The van der Waals surface area contributed by atoms with Crippen LogP contribution in [0.15, 0.2) is 277 Å². The molecule has 82 heavy (non-hydrogen) atoms. The second-order valence-corrected chi connectivity index (χ2v) is 22.2. The van der Waals surface area contributed by atoms with Crippen LogP contribution in [-0.2, 0) is 11.8 Å². The van der Waals surface area contributed by atoms with Gasteiger partial charge in [-0.25, -0.2) is 15.0 Å². The zero-order valence-electron chi connectivity index (χ0n) is 44.9. The van der Waals surface area contributed by atoms with Gasteiger partial charge in [0.2, 0.25) is 0 Å². The van der Waals surface area contributed by atoms with E-state index in [1.165, 1.54) is 88.9 Å². The normalized spacial score (nSPS) is 14.5. The van der Waals surface area contributed by atoms with E-state index in [1.807, 2.05) is 72.8 Å². The van der Waals surface area contributed by atoms with Crippen LogP contribution >= 0.6 is 0 Å². The Morgan fingerprint density at radius 3 is 1.50 bits per heavy atom. The van der Waals surface area contributed by atoms with Gasteiger partial charge in [-0.3, -0.25) is 0 Å². The lowest BCUT2D eigenvalue weighted by Crippen LogP contribution is -2.32. The molecule has 3 aromatic heterocycles. The van der Waals surface area contributed by atoms with Crippen molar-refractivity contribution in [2.75, 3.05) is 0 Å². The maximum atomic E-state index is 6.67. The molecule has 5 heteroatoms. The molecule has 0 N–H and O–H groups in total. The average molecular weight is 1050 g/mol. The molecule has 11 aromatic carbocycles. The summed E-state index contributed by atoms with van der Waals surface area (Å²) in [5.74, 6) is 2.03. The standard InChI is InChI=1S/C77H50N4O/c1-47-42-62-61-45-54(55-37-41-68-63(46-55)70-58(31-19-33-69(70)82-68)76-79-74(50-24-11-4-12-25-50)78-75(80-76)51-26-13-5-14-27-51)36-40-67(61)81(56-28-15-6-16-29-56)73(62)71-57-30-17-18-32-64(57)77(72(47)71)65-38-34-52(48-20-7-2-8-21-48)43-59(65)60-44-53(35-39-66(60)77)49-22-9-3-10-23-49/h2-41,43-47H,42H2,1H3. The number of nitrogens with zero attached hydrogens (tertiary/aromatic N) is 4. The number of rotatable bonds is 7. The Kier molecular flexibility index (Phi) is 10.2. The molecule has 0 aliphatic heterocycles. The zero-order valence-corrected chi connectivity index (χ0v) is 44.9. The van der Waals surface area contributed by atoms with E-state index in [0.29, 0.717) is 17.5 Å². The van der Waals surface area contributed by atoms with Crippen LogP contribution in [0.4, 0.5) is 0 Å². The summed E-state index contributed by atoms with van der Waals surface area (Å²) < 4.78 is 9.24. The molecule has 14 aromatic rings. The minimum atomic E-state index is -0.504. The largest absolute Gasteiger partial charge is 0.456 e. The first-order valence-electron chi connectivity index (χ1n) is 28.4. The predicted octanol–water partition coefficient (Wildman–Crippen LogP) is 19.0. The number of fused-ring (bicyclic) bond motifs is 16. The molecule has 3 aliphatic carbocycles. The predicted molar refractivity (Wildman–Crippen MR) is 334 cm³/mol. The van der Waals surface area contributed by atoms with Crippen LogP contribution in [0.1, 0.15) is 40.4 Å². The highest BCUT2D eigenvalue weighted by molar-refractivity contribution is 6.13. The summed E-state index contributed by atoms with van der Waals surface area (Å²) in [6.07, 6.45) is 0.884. The molecule has 1 spiro atoms. The van der Waals surface area contributed by atoms with Crippen molar-refractivity contribution in [2.24, 2.45) is 5.92 Å². The summed E-state index contributed by atoms with van der Waals surface area (Å²) in [5, 5.41) is 3.25. The fourth-order valence-corrected chi connectivity index (χ4v) is 14.3. The Morgan fingerprint density at radius 1 is 0.390 bits per heavy atom. The SMILES string of the molecule is CC1Cc2c(n(-c3ccccc3)c3ccc(-c4ccc5oc6cccc(-c7nc(-c8ccccc8)nc(-c8ccccc8)n7)c6c5c4)cc23)C2=C1C1(c3ccccc32)c2ccc(-c3ccccc3)cc2-c2cc(-c3ccccc3)ccc21. The first-order valence-corrected chi connectivity index (χ1v) is 28.4. The van der Waals surface area contributed by atoms with Gasteiger partial charge < -0.3 is 8.98 Å². The Bertz CT molecular complexity index is 4800. The summed E-state index contributed by atoms with van der Waals surface area (Å²) in [5.41, 5.74) is 26.8. The van der Waals surface area contributed by atoms with Gasteiger partial charge in [-0.15, -0.1) is 0 Å². The highest BCUT2D eigenvalue weighted by Crippen LogP contribution is 2.67. The molecule has 384 valence electrons. The molecule has 1 atom stereocenters. The number of aromatic nitrogens is 4. The van der Waals surface area contributed by atoms with Crippen LogP contribution in [0.25, 0.3) is 123 Å². The van der Waals surface area contributed by atoms with Crippen LogP contribution in [0, 0.1) is 5.92 Å². The van der Waals surface area contributed by atoms with E-state index in [2.05, 4.69) is 206 Å². The van der Waals surface area contributed by atoms with Crippen LogP contribution in [0.3, 0.4) is 0 Å². The van der Waals surface area contributed by atoms with E-state index in [4.69, 9.17) is 19.4 Å². The van der Waals surface area contributed by atoms with Crippen molar-refractivity contribution in [3.63, 3.8) is 0 Å². The van der Waals surface area contributed by atoms with Crippen LogP contribution in [0.2, 0.25) is 0 Å². The maximum absolute atomic E-state index is 6.67. The molecule has 0 bridgehead atoms. The number of furan rings is 1. The van der Waals surface area contributed by atoms with Gasteiger partial charge in [0, 0.05) is 44.1 Å². The van der Waals surface area contributed by atoms with E-state index in [-0.39, 0.29) is 5.92 Å². The molecular weight excluding hydrogens is 997 g/mol. The van der Waals surface area contributed by atoms with Crippen molar-refractivity contribution in [3.8, 4) is 84.4 Å². The first-order chi connectivity index (χ1) is 40.6. The Morgan fingerprint density at radius 2 is 0.878 bits per heavy atom. The number of hydrogen-bond acceptors (Lipinski definition) is 4. The van der Waals surface area contributed by atoms with Crippen molar-refractivity contribution in [2.45, 2.75) is 18.8 Å². The number of benzene rings is 11. The van der Waals surface area contributed by atoms with Gasteiger partial charge in [0.25, 0.3) is 0 Å². The molecule has 3 heterocycles. The van der Waals surface area contributed by atoms with Crippen molar-refractivity contribution >= 4 is 38.4 Å². The third-order valence-corrected chi connectivity index (χ3v) is 17.7. The van der Waals surface area contributed by atoms with Crippen LogP contribution in [-0.4, -0.2) is 19.5 Å². The number of allylic oxidation sites excluding steroid dienone is 1. The van der Waals surface area contributed by atoms with Gasteiger partial charge in [-0.05, 0) is 145 Å². The zero-order chi connectivity index (χ0) is 54.0. The lowest BCUT2D eigenvalue weighted by molar-refractivity contribution is 0.579. The minimum Gasteiger partial charge on any atom is -0.456 e. The Hall–Kier alpha value is -10.5. The monoisotopic (exact) mass is 1050 g/mol. The highest BCUT2D eigenvalue weighted by atomic mass is 16.3. The van der Waals surface area contributed by atoms with Crippen LogP contribution in [0.5, 0.6) is 0 Å². The van der Waals surface area contributed by atoms with Gasteiger partial charge in [-0.1, -0.05) is 219 Å². The molecule has 3 aliphatic rings. The molecular formula is C77H50N4O. The van der Waals surface area contributed by atoms with Gasteiger partial charge in [-0.2, -0.15) is 0 Å². The quantitative estimate of drug-likeness (QED) is 0.160. The van der Waals surface area contributed by atoms with Gasteiger partial charge in [0.05, 0.1) is 16.6 Å². The first kappa shape index (κ1) is 46.4. The molecule has 5 nitrogen and oxygen atoms in total. The van der Waals surface area contributed by atoms with E-state index < -0.39 is 5.41 Å². The third kappa shape index (κ3) is 6.83.